The molecule has 0 unspecified atom stereocenters. The van der Waals surface area contributed by atoms with Crippen LogP contribution >= 0.6 is 0 Å². The fourth-order valence-electron chi connectivity index (χ4n) is 3.66. The summed E-state index contributed by atoms with van der Waals surface area (Å²) < 4.78 is 5.95. The second-order valence-corrected chi connectivity index (χ2v) is 7.99. The molecular weight excluding hydrogens is 454 g/mol. The van der Waals surface area contributed by atoms with Crippen molar-refractivity contribution in [2.75, 3.05) is 7.11 Å². The number of hydrogen-bond donors (Lipinski definition) is 0. The third kappa shape index (κ3) is 5.23. The number of ether oxygens (including phenoxy) is 1. The Hall–Kier alpha value is -0.687. The second kappa shape index (κ2) is 9.68. The first-order valence-corrected chi connectivity index (χ1v) is 8.58. The standard InChI is InChI=1S/C23H27O.2ClH.Zr/c1-14-8-15(2)11-18(10-14)21-19-12-16(3)9-17(19)13-20(22(21)24-7)23(4,5)6;;;/h8-13H,1-7H3;2*1H;/q-1;;;+3/p-2. The van der Waals surface area contributed by atoms with E-state index in [9.17, 15) is 0 Å². The summed E-state index contributed by atoms with van der Waals surface area (Å²) in [7, 11) is 1.79. The molecule has 0 aliphatic carbocycles. The van der Waals surface area contributed by atoms with Crippen LogP contribution < -0.4 is 29.6 Å². The molecule has 0 saturated heterocycles. The predicted octanol–water partition coefficient (Wildman–Crippen LogP) is 0.463. The van der Waals surface area contributed by atoms with Gasteiger partial charge in [-0.1, -0.05) is 57.0 Å². The summed E-state index contributed by atoms with van der Waals surface area (Å²) in [4.78, 5) is 0. The molecule has 0 aromatic heterocycles. The number of rotatable bonds is 2. The first-order valence-electron chi connectivity index (χ1n) is 8.58. The molecule has 0 N–H and O–H groups in total. The van der Waals surface area contributed by atoms with E-state index in [1.54, 1.807) is 7.11 Å². The number of methoxy groups -OCH3 is 1. The van der Waals surface area contributed by atoms with Crippen molar-refractivity contribution in [3.63, 3.8) is 0 Å². The van der Waals surface area contributed by atoms with Crippen LogP contribution in [0.2, 0.25) is 0 Å². The topological polar surface area (TPSA) is 9.23 Å². The maximum Gasteiger partial charge on any atom is 3.00 e. The molecular formula is C23H27Cl2OZr. The average molecular weight is 482 g/mol. The summed E-state index contributed by atoms with van der Waals surface area (Å²) in [5.74, 6) is 1.01. The Morgan fingerprint density at radius 3 is 1.89 bits per heavy atom. The number of halogens is 2. The third-order valence-corrected chi connectivity index (χ3v) is 4.63. The maximum absolute atomic E-state index is 5.95. The van der Waals surface area contributed by atoms with Gasteiger partial charge in [0.05, 0.1) is 7.11 Å². The van der Waals surface area contributed by atoms with Crippen LogP contribution in [0, 0.1) is 20.8 Å². The molecule has 0 bridgehead atoms. The second-order valence-electron chi connectivity index (χ2n) is 7.99. The van der Waals surface area contributed by atoms with Crippen LogP contribution in [-0.2, 0) is 31.6 Å². The zero-order valence-corrected chi connectivity index (χ0v) is 21.1. The molecule has 1 radical (unpaired) electrons. The van der Waals surface area contributed by atoms with E-state index in [-0.39, 0.29) is 56.4 Å². The number of benzene rings is 2. The Kier molecular flexibility index (Phi) is 9.44. The van der Waals surface area contributed by atoms with Gasteiger partial charge in [0, 0.05) is 0 Å². The fourth-order valence-corrected chi connectivity index (χ4v) is 3.66. The number of aryl methyl sites for hydroxylation is 3. The summed E-state index contributed by atoms with van der Waals surface area (Å²) >= 11 is 0. The largest absolute Gasteiger partial charge is 3.00 e. The van der Waals surface area contributed by atoms with Crippen molar-refractivity contribution in [3.8, 4) is 16.9 Å². The van der Waals surface area contributed by atoms with Crippen LogP contribution in [0.3, 0.4) is 0 Å². The van der Waals surface area contributed by atoms with Crippen molar-refractivity contribution in [1.82, 2.24) is 0 Å². The van der Waals surface area contributed by atoms with Crippen LogP contribution in [0.5, 0.6) is 5.75 Å². The molecule has 0 aliphatic heterocycles. The van der Waals surface area contributed by atoms with E-state index in [0.29, 0.717) is 0 Å². The Bertz CT molecular complexity index is 900. The molecule has 143 valence electrons. The smallest absolute Gasteiger partial charge is 1.00 e. The first kappa shape index (κ1) is 26.3. The summed E-state index contributed by atoms with van der Waals surface area (Å²) in [6, 6.07) is 13.6. The van der Waals surface area contributed by atoms with Crippen molar-refractivity contribution in [2.45, 2.75) is 47.0 Å². The van der Waals surface area contributed by atoms with E-state index < -0.39 is 0 Å². The Balaban J connectivity index is 0.00000225. The van der Waals surface area contributed by atoms with Crippen molar-refractivity contribution < 1.29 is 55.8 Å². The zero-order chi connectivity index (χ0) is 17.6. The molecule has 0 saturated carbocycles. The van der Waals surface area contributed by atoms with Gasteiger partial charge in [0.2, 0.25) is 0 Å². The molecule has 0 heterocycles. The van der Waals surface area contributed by atoms with Crippen molar-refractivity contribution in [3.05, 3.63) is 58.7 Å². The Labute approximate surface area is 195 Å². The minimum atomic E-state index is 0. The molecule has 27 heavy (non-hydrogen) atoms. The maximum atomic E-state index is 5.95. The zero-order valence-electron chi connectivity index (χ0n) is 17.1. The van der Waals surface area contributed by atoms with Gasteiger partial charge in [-0.05, 0) is 36.0 Å². The van der Waals surface area contributed by atoms with Crippen molar-refractivity contribution >= 4 is 10.8 Å². The molecule has 0 fully saturated rings. The minimum absolute atomic E-state index is 0. The molecule has 3 rings (SSSR count). The van der Waals surface area contributed by atoms with E-state index in [2.05, 4.69) is 77.9 Å². The molecule has 0 atom stereocenters. The van der Waals surface area contributed by atoms with Crippen LogP contribution in [0.4, 0.5) is 0 Å². The van der Waals surface area contributed by atoms with Gasteiger partial charge >= 0.3 is 26.2 Å². The van der Waals surface area contributed by atoms with Gasteiger partial charge in [-0.3, -0.25) is 0 Å². The monoisotopic (exact) mass is 479 g/mol. The summed E-state index contributed by atoms with van der Waals surface area (Å²) in [5, 5.41) is 2.58. The minimum Gasteiger partial charge on any atom is -1.00 e. The quantitative estimate of drug-likeness (QED) is 0.484. The number of hydrogen-bond acceptors (Lipinski definition) is 1. The molecule has 3 aromatic rings. The van der Waals surface area contributed by atoms with Crippen LogP contribution in [0.1, 0.15) is 43.0 Å². The predicted molar refractivity (Wildman–Crippen MR) is 104 cm³/mol. The Morgan fingerprint density at radius 2 is 1.41 bits per heavy atom. The van der Waals surface area contributed by atoms with E-state index in [1.807, 2.05) is 0 Å². The Morgan fingerprint density at radius 1 is 0.852 bits per heavy atom. The average Bonchev–Trinajstić information content (AvgIpc) is 2.82. The molecule has 4 heteroatoms. The SMILES string of the molecule is COc1c(C(C)(C)C)cc2[cH-]c(C)cc2c1-c1cc(C)cc(C)c1.[Cl-].[Cl-].[Zr+3]. The van der Waals surface area contributed by atoms with Gasteiger partial charge in [-0.15, -0.1) is 28.5 Å². The van der Waals surface area contributed by atoms with Gasteiger partial charge in [0.1, 0.15) is 5.75 Å². The number of fused-ring (bicyclic) bond motifs is 1. The third-order valence-electron chi connectivity index (χ3n) is 4.63. The van der Waals surface area contributed by atoms with Gasteiger partial charge in [-0.2, -0.15) is 6.07 Å². The van der Waals surface area contributed by atoms with Crippen molar-refractivity contribution in [2.24, 2.45) is 0 Å². The van der Waals surface area contributed by atoms with Gasteiger partial charge < -0.3 is 29.6 Å². The van der Waals surface area contributed by atoms with E-state index in [1.165, 1.54) is 44.2 Å². The summed E-state index contributed by atoms with van der Waals surface area (Å²) in [5.41, 5.74) is 7.61. The molecule has 3 aromatic carbocycles. The van der Waals surface area contributed by atoms with Gasteiger partial charge in [0.25, 0.3) is 0 Å². The van der Waals surface area contributed by atoms with Crippen LogP contribution in [0.25, 0.3) is 21.9 Å². The van der Waals surface area contributed by atoms with E-state index >= 15 is 0 Å². The first-order chi connectivity index (χ1) is 11.2. The molecule has 0 spiro atoms. The van der Waals surface area contributed by atoms with Gasteiger partial charge in [-0.25, -0.2) is 0 Å². The summed E-state index contributed by atoms with van der Waals surface area (Å²) in [6.07, 6.45) is 0. The van der Waals surface area contributed by atoms with E-state index in [4.69, 9.17) is 4.74 Å². The molecule has 0 amide bonds. The van der Waals surface area contributed by atoms with Crippen molar-refractivity contribution in [1.29, 1.82) is 0 Å². The van der Waals surface area contributed by atoms with Crippen LogP contribution in [-0.4, -0.2) is 7.11 Å². The van der Waals surface area contributed by atoms with E-state index in [0.717, 1.165) is 5.75 Å². The summed E-state index contributed by atoms with van der Waals surface area (Å²) in [6.45, 7) is 13.2. The fraction of sp³-hybridized carbons (Fsp3) is 0.348. The van der Waals surface area contributed by atoms with Gasteiger partial charge in [0.15, 0.2) is 0 Å². The molecule has 0 aliphatic rings. The molecule has 1 nitrogen and oxygen atoms in total. The normalized spacial score (nSPS) is 10.6. The van der Waals surface area contributed by atoms with Crippen LogP contribution in [0.15, 0.2) is 36.4 Å².